The summed E-state index contributed by atoms with van der Waals surface area (Å²) in [6.07, 6.45) is 0. The number of amides is 1. The first-order chi connectivity index (χ1) is 10.9. The van der Waals surface area contributed by atoms with E-state index in [2.05, 4.69) is 10.6 Å². The van der Waals surface area contributed by atoms with Crippen LogP contribution in [0.2, 0.25) is 5.02 Å². The van der Waals surface area contributed by atoms with Crippen molar-refractivity contribution in [1.82, 2.24) is 0 Å². The fraction of sp³-hybridized carbons (Fsp3) is 0.235. The largest absolute Gasteiger partial charge is 0.484 e. The van der Waals surface area contributed by atoms with E-state index in [9.17, 15) is 9.18 Å². The molecule has 0 saturated carbocycles. The molecule has 1 aliphatic heterocycles. The number of carbonyl (C=O) groups excluding carboxylic acids is 1. The number of hydrogen-bond donors (Lipinski definition) is 2. The van der Waals surface area contributed by atoms with Gasteiger partial charge in [0.25, 0.3) is 5.91 Å². The maximum absolute atomic E-state index is 13.8. The molecule has 1 amide bonds. The average molecular weight is 335 g/mol. The van der Waals surface area contributed by atoms with Crippen LogP contribution < -0.4 is 15.4 Å². The van der Waals surface area contributed by atoms with Crippen molar-refractivity contribution in [3.8, 4) is 5.75 Å². The van der Waals surface area contributed by atoms with Gasteiger partial charge in [-0.25, -0.2) is 4.39 Å². The zero-order chi connectivity index (χ0) is 16.6. The van der Waals surface area contributed by atoms with Crippen molar-refractivity contribution in [3.05, 3.63) is 52.8 Å². The smallest absolute Gasteiger partial charge is 0.260 e. The molecule has 4 nitrogen and oxygen atoms in total. The summed E-state index contributed by atoms with van der Waals surface area (Å²) in [5.74, 6) is -0.538. The van der Waals surface area contributed by atoms with Crippen molar-refractivity contribution in [2.45, 2.75) is 19.4 Å². The van der Waals surface area contributed by atoms with E-state index in [4.69, 9.17) is 16.3 Å². The van der Waals surface area contributed by atoms with Crippen molar-refractivity contribution in [2.75, 3.05) is 17.2 Å². The van der Waals surface area contributed by atoms with Gasteiger partial charge in [0.1, 0.15) is 17.2 Å². The highest BCUT2D eigenvalue weighted by atomic mass is 35.5. The highest BCUT2D eigenvalue weighted by molar-refractivity contribution is 6.34. The Bertz CT molecular complexity index is 757. The van der Waals surface area contributed by atoms with E-state index in [1.807, 2.05) is 13.8 Å². The van der Waals surface area contributed by atoms with Crippen molar-refractivity contribution in [2.24, 2.45) is 0 Å². The Labute approximate surface area is 138 Å². The first kappa shape index (κ1) is 15.6. The van der Waals surface area contributed by atoms with E-state index in [-0.39, 0.29) is 16.2 Å². The van der Waals surface area contributed by atoms with E-state index >= 15 is 0 Å². The molecular weight excluding hydrogens is 319 g/mol. The molecule has 0 spiro atoms. The topological polar surface area (TPSA) is 50.4 Å². The molecule has 2 aromatic carbocycles. The van der Waals surface area contributed by atoms with Crippen LogP contribution in [0.15, 0.2) is 36.4 Å². The molecule has 6 heteroatoms. The van der Waals surface area contributed by atoms with Crippen LogP contribution >= 0.6 is 11.6 Å². The van der Waals surface area contributed by atoms with Crippen molar-refractivity contribution < 1.29 is 13.9 Å². The standard InChI is InChI=1S/C17H16ClFN2O2/c1-17(2)9-20-13-8-10(6-7-14(13)23-17)21-16(22)15-11(18)4-3-5-12(15)19/h3-8,20H,9H2,1-2H3,(H,21,22). The normalized spacial score (nSPS) is 15.1. The van der Waals surface area contributed by atoms with Crippen LogP contribution in [-0.4, -0.2) is 18.1 Å². The minimum atomic E-state index is -0.656. The SMILES string of the molecule is CC1(C)CNc2cc(NC(=O)c3c(F)cccc3Cl)ccc2O1. The molecule has 2 aromatic rings. The van der Waals surface area contributed by atoms with Crippen LogP contribution in [0.25, 0.3) is 0 Å². The maximum atomic E-state index is 13.8. The molecule has 120 valence electrons. The number of hydrogen-bond acceptors (Lipinski definition) is 3. The third kappa shape index (κ3) is 3.24. The number of carbonyl (C=O) groups is 1. The summed E-state index contributed by atoms with van der Waals surface area (Å²) in [6.45, 7) is 4.62. The average Bonchev–Trinajstić information content (AvgIpc) is 2.46. The Hall–Kier alpha value is -2.27. The number of ether oxygens (including phenoxy) is 1. The predicted octanol–water partition coefficient (Wildman–Crippen LogP) is 4.31. The molecular formula is C17H16ClFN2O2. The molecule has 0 fully saturated rings. The molecule has 0 bridgehead atoms. The summed E-state index contributed by atoms with van der Waals surface area (Å²) in [4.78, 5) is 12.2. The summed E-state index contributed by atoms with van der Waals surface area (Å²) < 4.78 is 19.6. The molecule has 23 heavy (non-hydrogen) atoms. The van der Waals surface area contributed by atoms with Gasteiger partial charge in [0.15, 0.2) is 0 Å². The molecule has 2 N–H and O–H groups in total. The third-order valence-electron chi connectivity index (χ3n) is 3.52. The van der Waals surface area contributed by atoms with E-state index in [1.54, 1.807) is 18.2 Å². The molecule has 0 aromatic heterocycles. The Morgan fingerprint density at radius 3 is 2.87 bits per heavy atom. The summed E-state index contributed by atoms with van der Waals surface area (Å²) in [7, 11) is 0. The van der Waals surface area contributed by atoms with Gasteiger partial charge in [0, 0.05) is 5.69 Å². The summed E-state index contributed by atoms with van der Waals surface area (Å²) in [5, 5.41) is 5.98. The van der Waals surface area contributed by atoms with Gasteiger partial charge >= 0.3 is 0 Å². The second-order valence-corrected chi connectivity index (χ2v) is 6.38. The lowest BCUT2D eigenvalue weighted by atomic mass is 10.1. The second kappa shape index (κ2) is 5.74. The Morgan fingerprint density at radius 2 is 2.13 bits per heavy atom. The van der Waals surface area contributed by atoms with Crippen molar-refractivity contribution in [1.29, 1.82) is 0 Å². The monoisotopic (exact) mass is 334 g/mol. The number of benzene rings is 2. The van der Waals surface area contributed by atoms with Crippen LogP contribution in [0.3, 0.4) is 0 Å². The summed E-state index contributed by atoms with van der Waals surface area (Å²) in [6, 6.07) is 9.35. The van der Waals surface area contributed by atoms with Gasteiger partial charge in [0.05, 0.1) is 22.8 Å². The second-order valence-electron chi connectivity index (χ2n) is 5.98. The predicted molar refractivity (Wildman–Crippen MR) is 89.0 cm³/mol. The van der Waals surface area contributed by atoms with Crippen LogP contribution in [0.1, 0.15) is 24.2 Å². The first-order valence-corrected chi connectivity index (χ1v) is 7.56. The minimum absolute atomic E-state index is 0.0728. The summed E-state index contributed by atoms with van der Waals surface area (Å²) in [5.41, 5.74) is 0.848. The van der Waals surface area contributed by atoms with Gasteiger partial charge in [-0.05, 0) is 44.2 Å². The van der Waals surface area contributed by atoms with Gasteiger partial charge in [-0.3, -0.25) is 4.79 Å². The lowest BCUT2D eigenvalue weighted by Gasteiger charge is -2.33. The molecule has 1 aliphatic rings. The fourth-order valence-electron chi connectivity index (χ4n) is 2.39. The lowest BCUT2D eigenvalue weighted by Crippen LogP contribution is -2.40. The van der Waals surface area contributed by atoms with E-state index < -0.39 is 11.7 Å². The van der Waals surface area contributed by atoms with E-state index in [0.29, 0.717) is 18.0 Å². The first-order valence-electron chi connectivity index (χ1n) is 7.18. The van der Waals surface area contributed by atoms with Crippen LogP contribution in [0.4, 0.5) is 15.8 Å². The minimum Gasteiger partial charge on any atom is -0.484 e. The van der Waals surface area contributed by atoms with Gasteiger partial charge in [0.2, 0.25) is 0 Å². The van der Waals surface area contributed by atoms with E-state index in [0.717, 1.165) is 5.69 Å². The number of halogens is 2. The molecule has 0 saturated heterocycles. The zero-order valence-corrected chi connectivity index (χ0v) is 13.5. The van der Waals surface area contributed by atoms with Crippen LogP contribution in [-0.2, 0) is 0 Å². The summed E-state index contributed by atoms with van der Waals surface area (Å²) >= 11 is 5.90. The number of fused-ring (bicyclic) bond motifs is 1. The molecule has 0 unspecified atom stereocenters. The Morgan fingerprint density at radius 1 is 1.35 bits per heavy atom. The van der Waals surface area contributed by atoms with Crippen molar-refractivity contribution in [3.63, 3.8) is 0 Å². The number of rotatable bonds is 2. The molecule has 0 radical (unpaired) electrons. The van der Waals surface area contributed by atoms with Crippen LogP contribution in [0.5, 0.6) is 5.75 Å². The van der Waals surface area contributed by atoms with Gasteiger partial charge in [-0.2, -0.15) is 0 Å². The fourth-order valence-corrected chi connectivity index (χ4v) is 2.63. The van der Waals surface area contributed by atoms with Gasteiger partial charge in [-0.15, -0.1) is 0 Å². The van der Waals surface area contributed by atoms with Gasteiger partial charge < -0.3 is 15.4 Å². The quantitative estimate of drug-likeness (QED) is 0.860. The van der Waals surface area contributed by atoms with E-state index in [1.165, 1.54) is 18.2 Å². The molecule has 0 atom stereocenters. The van der Waals surface area contributed by atoms with Crippen LogP contribution in [0, 0.1) is 5.82 Å². The lowest BCUT2D eigenvalue weighted by molar-refractivity contribution is 0.102. The Kier molecular flexibility index (Phi) is 3.90. The van der Waals surface area contributed by atoms with Gasteiger partial charge in [-0.1, -0.05) is 17.7 Å². The van der Waals surface area contributed by atoms with Crippen molar-refractivity contribution >= 4 is 28.9 Å². The number of anilines is 2. The molecule has 3 rings (SSSR count). The highest BCUT2D eigenvalue weighted by Crippen LogP contribution is 2.35. The molecule has 1 heterocycles. The maximum Gasteiger partial charge on any atom is 0.260 e. The third-order valence-corrected chi connectivity index (χ3v) is 3.83. The number of nitrogens with one attached hydrogen (secondary N) is 2. The Balaban J connectivity index is 1.83. The zero-order valence-electron chi connectivity index (χ0n) is 12.7. The highest BCUT2D eigenvalue weighted by Gasteiger charge is 2.26. The molecule has 0 aliphatic carbocycles.